The Bertz CT molecular complexity index is 520. The largest absolute Gasteiger partial charge is 0.487 e. The van der Waals surface area contributed by atoms with Gasteiger partial charge >= 0.3 is 0 Å². The molecular formula is C23H45NO2. The second-order valence-electron chi connectivity index (χ2n) is 7.77. The molecule has 0 aliphatic carbocycles. The van der Waals surface area contributed by atoms with Gasteiger partial charge in [0.1, 0.15) is 11.4 Å². The van der Waals surface area contributed by atoms with Crippen molar-refractivity contribution in [3.05, 3.63) is 27.8 Å². The summed E-state index contributed by atoms with van der Waals surface area (Å²) < 4.78 is 6.17. The van der Waals surface area contributed by atoms with Crippen molar-refractivity contribution in [1.82, 2.24) is 4.90 Å². The van der Waals surface area contributed by atoms with Gasteiger partial charge in [0.25, 0.3) is 0 Å². The first kappa shape index (κ1) is 27.2. The fraction of sp³-hybridized carbons (Fsp3) is 0.739. The average molecular weight is 368 g/mol. The first-order chi connectivity index (χ1) is 12.0. The van der Waals surface area contributed by atoms with Crippen molar-refractivity contribution in [2.75, 3.05) is 27.7 Å². The van der Waals surface area contributed by atoms with Crippen LogP contribution in [-0.2, 0) is 6.42 Å². The van der Waals surface area contributed by atoms with Gasteiger partial charge in [-0.1, -0.05) is 27.2 Å². The molecule has 0 unspecified atom stereocenters. The first-order valence-electron chi connectivity index (χ1n) is 9.89. The summed E-state index contributed by atoms with van der Waals surface area (Å²) >= 11 is 0. The topological polar surface area (TPSA) is 32.7 Å². The van der Waals surface area contributed by atoms with Crippen molar-refractivity contribution in [2.45, 2.75) is 87.2 Å². The number of nitrogens with zero attached hydrogens (tertiary/aromatic N) is 1. The van der Waals surface area contributed by atoms with Crippen molar-refractivity contribution >= 4 is 0 Å². The van der Waals surface area contributed by atoms with Crippen LogP contribution in [0.4, 0.5) is 0 Å². The summed E-state index contributed by atoms with van der Waals surface area (Å²) in [6, 6.07) is 0. The van der Waals surface area contributed by atoms with Crippen LogP contribution >= 0.6 is 0 Å². The molecule has 1 aromatic rings. The second kappa shape index (κ2) is 13.2. The Morgan fingerprint density at radius 1 is 0.885 bits per heavy atom. The van der Waals surface area contributed by atoms with Crippen LogP contribution in [0, 0.1) is 27.7 Å². The maximum atomic E-state index is 7.00. The molecule has 1 aliphatic heterocycles. The molecule has 1 heterocycles. The number of fused-ring (bicyclic) bond motifs is 1. The number of aliphatic hydroxyl groups excluding tert-OH is 1. The molecule has 0 saturated carbocycles. The minimum absolute atomic E-state index is 0.00804. The van der Waals surface area contributed by atoms with Gasteiger partial charge in [-0.3, -0.25) is 0 Å². The Labute approximate surface area is 163 Å². The maximum absolute atomic E-state index is 7.00. The van der Waals surface area contributed by atoms with E-state index in [-0.39, 0.29) is 5.60 Å². The SMILES string of the molecule is CCC.CCN(C)C.CO.Cc1c(C)c(C)c2c(c1C)CCC(C)(C)O2. The lowest BCUT2D eigenvalue weighted by atomic mass is 9.86. The van der Waals surface area contributed by atoms with Crippen molar-refractivity contribution in [3.63, 3.8) is 0 Å². The van der Waals surface area contributed by atoms with Gasteiger partial charge in [0.05, 0.1) is 0 Å². The standard InChI is InChI=1S/C15H22O.C4H11N.C3H8.CH4O/c1-9-10(2)12(4)14-13(11(9)3)7-8-15(5,6)16-14;1-4-5(2)3;1-3-2;1-2/h7-8H2,1-6H3;4H2,1-3H3;3H2,1-2H3;2H,1H3. The zero-order valence-electron chi connectivity index (χ0n) is 19.6. The fourth-order valence-corrected chi connectivity index (χ4v) is 2.55. The smallest absolute Gasteiger partial charge is 0.126 e. The van der Waals surface area contributed by atoms with Crippen molar-refractivity contribution in [3.8, 4) is 5.75 Å². The van der Waals surface area contributed by atoms with E-state index in [9.17, 15) is 0 Å². The van der Waals surface area contributed by atoms with Gasteiger partial charge in [0.2, 0.25) is 0 Å². The minimum Gasteiger partial charge on any atom is -0.487 e. The quantitative estimate of drug-likeness (QED) is 0.699. The summed E-state index contributed by atoms with van der Waals surface area (Å²) in [4.78, 5) is 2.12. The van der Waals surface area contributed by atoms with E-state index in [0.717, 1.165) is 32.2 Å². The third-order valence-electron chi connectivity index (χ3n) is 4.74. The minimum atomic E-state index is -0.00804. The number of hydrogen-bond acceptors (Lipinski definition) is 3. The molecule has 3 heteroatoms. The molecule has 3 nitrogen and oxygen atoms in total. The van der Waals surface area contributed by atoms with Crippen LogP contribution in [0.15, 0.2) is 0 Å². The lowest BCUT2D eigenvalue weighted by molar-refractivity contribution is 0.0833. The van der Waals surface area contributed by atoms with Crippen LogP contribution in [0.5, 0.6) is 5.75 Å². The number of rotatable bonds is 1. The van der Waals surface area contributed by atoms with Gasteiger partial charge in [0.15, 0.2) is 0 Å². The van der Waals surface area contributed by atoms with E-state index < -0.39 is 0 Å². The van der Waals surface area contributed by atoms with E-state index in [1.807, 2.05) is 0 Å². The molecule has 0 amide bonds. The van der Waals surface area contributed by atoms with Crippen LogP contribution in [-0.4, -0.2) is 43.4 Å². The molecule has 1 N–H and O–H groups in total. The highest BCUT2D eigenvalue weighted by Crippen LogP contribution is 2.40. The Morgan fingerprint density at radius 3 is 1.65 bits per heavy atom. The van der Waals surface area contributed by atoms with Crippen molar-refractivity contribution in [1.29, 1.82) is 0 Å². The molecule has 1 aromatic carbocycles. The molecule has 154 valence electrons. The molecule has 0 saturated heterocycles. The Morgan fingerprint density at radius 2 is 1.27 bits per heavy atom. The van der Waals surface area contributed by atoms with Crippen molar-refractivity contribution in [2.24, 2.45) is 0 Å². The van der Waals surface area contributed by atoms with Crippen molar-refractivity contribution < 1.29 is 9.84 Å². The van der Waals surface area contributed by atoms with Gasteiger partial charge < -0.3 is 14.7 Å². The average Bonchev–Trinajstić information content (AvgIpc) is 2.60. The predicted octanol–water partition coefficient (Wildman–Crippen LogP) is 5.62. The van der Waals surface area contributed by atoms with E-state index in [1.54, 1.807) is 0 Å². The third kappa shape index (κ3) is 8.55. The van der Waals surface area contributed by atoms with E-state index in [0.29, 0.717) is 0 Å². The van der Waals surface area contributed by atoms with E-state index >= 15 is 0 Å². The summed E-state index contributed by atoms with van der Waals surface area (Å²) in [7, 11) is 5.11. The molecular weight excluding hydrogens is 322 g/mol. The maximum Gasteiger partial charge on any atom is 0.126 e. The highest BCUT2D eigenvalue weighted by Gasteiger charge is 2.29. The molecule has 26 heavy (non-hydrogen) atoms. The Balaban J connectivity index is 0. The number of hydrogen-bond donors (Lipinski definition) is 1. The van der Waals surface area contributed by atoms with Gasteiger partial charge in [-0.15, -0.1) is 0 Å². The monoisotopic (exact) mass is 367 g/mol. The second-order valence-corrected chi connectivity index (χ2v) is 7.77. The molecule has 0 radical (unpaired) electrons. The zero-order valence-corrected chi connectivity index (χ0v) is 19.6. The van der Waals surface area contributed by atoms with Gasteiger partial charge in [0, 0.05) is 7.11 Å². The first-order valence-corrected chi connectivity index (χ1v) is 9.89. The summed E-state index contributed by atoms with van der Waals surface area (Å²) in [6.45, 7) is 20.7. The lowest BCUT2D eigenvalue weighted by Crippen LogP contribution is -2.33. The number of ether oxygens (including phenoxy) is 1. The molecule has 0 atom stereocenters. The summed E-state index contributed by atoms with van der Waals surface area (Å²) in [5.74, 6) is 1.15. The van der Waals surface area contributed by atoms with Gasteiger partial charge in [-0.2, -0.15) is 0 Å². The number of benzene rings is 1. The number of aliphatic hydroxyl groups is 1. The normalized spacial score (nSPS) is 13.8. The van der Waals surface area contributed by atoms with E-state index in [1.165, 1.54) is 34.2 Å². The molecule has 1 aliphatic rings. The Kier molecular flexibility index (Phi) is 13.7. The van der Waals surface area contributed by atoms with Crippen LogP contribution in [0.1, 0.15) is 75.3 Å². The molecule has 0 aromatic heterocycles. The molecule has 2 rings (SSSR count). The van der Waals surface area contributed by atoms with Gasteiger partial charge in [-0.25, -0.2) is 0 Å². The van der Waals surface area contributed by atoms with Gasteiger partial charge in [-0.05, 0) is 103 Å². The van der Waals surface area contributed by atoms with E-state index in [4.69, 9.17) is 9.84 Å². The molecule has 0 fully saturated rings. The highest BCUT2D eigenvalue weighted by molar-refractivity contribution is 5.55. The Hall–Kier alpha value is -1.06. The van der Waals surface area contributed by atoms with Crippen LogP contribution < -0.4 is 4.74 Å². The summed E-state index contributed by atoms with van der Waals surface area (Å²) in [5, 5.41) is 7.00. The van der Waals surface area contributed by atoms with Crippen LogP contribution in [0.2, 0.25) is 0 Å². The van der Waals surface area contributed by atoms with Crippen LogP contribution in [0.3, 0.4) is 0 Å². The molecule has 0 bridgehead atoms. The summed E-state index contributed by atoms with van der Waals surface area (Å²) in [6.07, 6.45) is 3.51. The summed E-state index contributed by atoms with van der Waals surface area (Å²) in [5.41, 5.74) is 6.99. The lowest BCUT2D eigenvalue weighted by Gasteiger charge is -2.35. The third-order valence-corrected chi connectivity index (χ3v) is 4.74. The highest BCUT2D eigenvalue weighted by atomic mass is 16.5. The fourth-order valence-electron chi connectivity index (χ4n) is 2.55. The zero-order chi connectivity index (χ0) is 21.1. The molecule has 0 spiro atoms. The van der Waals surface area contributed by atoms with E-state index in [2.05, 4.69) is 81.3 Å². The predicted molar refractivity (Wildman–Crippen MR) is 117 cm³/mol. The van der Waals surface area contributed by atoms with Crippen LogP contribution in [0.25, 0.3) is 0 Å².